The Balaban J connectivity index is 1.70. The van der Waals surface area contributed by atoms with Gasteiger partial charge in [0.25, 0.3) is 5.91 Å². The van der Waals surface area contributed by atoms with Gasteiger partial charge in [0, 0.05) is 16.7 Å². The predicted octanol–water partition coefficient (Wildman–Crippen LogP) is 3.32. The number of hydrogen-bond acceptors (Lipinski definition) is 2. The fourth-order valence-corrected chi connectivity index (χ4v) is 3.64. The van der Waals surface area contributed by atoms with Gasteiger partial charge in [-0.25, -0.2) is 0 Å². The van der Waals surface area contributed by atoms with E-state index in [9.17, 15) is 9.59 Å². The minimum atomic E-state index is -0.721. The third-order valence-corrected chi connectivity index (χ3v) is 5.35. The first-order chi connectivity index (χ1) is 14.5. The standard InChI is InChI=1S/C25H23N3O2/c1-17-12-14-20(15-13-17)24(29)26-22-23(19-9-4-3-5-10-19)28(27-25(22)30)16-21-11-7-6-8-18(21)2/h3-16,22-23H,1-2H3,(H-,26,27,29,30)/p+1/b28-16-/t22-,23+/m0/s1. The summed E-state index contributed by atoms with van der Waals surface area (Å²) in [5.41, 5.74) is 7.57. The molecule has 0 aromatic heterocycles. The Morgan fingerprint density at radius 2 is 1.60 bits per heavy atom. The molecule has 3 aromatic rings. The van der Waals surface area contributed by atoms with Crippen molar-refractivity contribution in [2.75, 3.05) is 0 Å². The Hall–Kier alpha value is -3.73. The second-order valence-corrected chi connectivity index (χ2v) is 7.54. The zero-order valence-electron chi connectivity index (χ0n) is 17.0. The van der Waals surface area contributed by atoms with Crippen LogP contribution in [-0.4, -0.2) is 28.8 Å². The second-order valence-electron chi connectivity index (χ2n) is 7.54. The van der Waals surface area contributed by atoms with Crippen LogP contribution in [-0.2, 0) is 4.79 Å². The van der Waals surface area contributed by atoms with E-state index in [0.29, 0.717) is 5.56 Å². The molecular formula is C25H24N3O2+. The van der Waals surface area contributed by atoms with Gasteiger partial charge in [-0.1, -0.05) is 66.2 Å². The monoisotopic (exact) mass is 398 g/mol. The smallest absolute Gasteiger partial charge is 0.304 e. The Bertz CT molecular complexity index is 1100. The lowest BCUT2D eigenvalue weighted by atomic mass is 9.99. The zero-order valence-corrected chi connectivity index (χ0v) is 17.0. The lowest BCUT2D eigenvalue weighted by molar-refractivity contribution is -0.596. The molecule has 0 bridgehead atoms. The van der Waals surface area contributed by atoms with Gasteiger partial charge in [-0.15, -0.1) is 10.1 Å². The van der Waals surface area contributed by atoms with Crippen molar-refractivity contribution in [2.45, 2.75) is 25.9 Å². The zero-order chi connectivity index (χ0) is 21.1. The highest BCUT2D eigenvalue weighted by Gasteiger charge is 2.47. The number of carbonyl (C=O) groups excluding carboxylic acids is 2. The molecule has 1 fully saturated rings. The summed E-state index contributed by atoms with van der Waals surface area (Å²) < 4.78 is 1.79. The summed E-state index contributed by atoms with van der Waals surface area (Å²) in [7, 11) is 0. The molecular weight excluding hydrogens is 374 g/mol. The van der Waals surface area contributed by atoms with Gasteiger partial charge in [-0.3, -0.25) is 9.59 Å². The van der Waals surface area contributed by atoms with Crippen LogP contribution in [0.1, 0.15) is 38.7 Å². The lowest BCUT2D eigenvalue weighted by Gasteiger charge is -2.15. The van der Waals surface area contributed by atoms with Gasteiger partial charge in [0.05, 0.1) is 0 Å². The molecule has 5 nitrogen and oxygen atoms in total. The summed E-state index contributed by atoms with van der Waals surface area (Å²) in [5.74, 6) is -0.511. The minimum absolute atomic E-state index is 0.242. The summed E-state index contributed by atoms with van der Waals surface area (Å²) in [5, 5.41) is 2.93. The maximum atomic E-state index is 12.9. The van der Waals surface area contributed by atoms with Crippen LogP contribution < -0.4 is 10.7 Å². The van der Waals surface area contributed by atoms with Crippen LogP contribution >= 0.6 is 0 Å². The van der Waals surface area contributed by atoms with Crippen LogP contribution in [0.2, 0.25) is 0 Å². The molecule has 150 valence electrons. The van der Waals surface area contributed by atoms with E-state index in [1.807, 2.05) is 86.8 Å². The van der Waals surface area contributed by atoms with E-state index in [-0.39, 0.29) is 17.9 Å². The number of rotatable bonds is 4. The molecule has 1 saturated heterocycles. The minimum Gasteiger partial charge on any atom is -0.334 e. The number of amides is 2. The number of nitrogens with zero attached hydrogens (tertiary/aromatic N) is 1. The largest absolute Gasteiger partial charge is 0.334 e. The van der Waals surface area contributed by atoms with E-state index < -0.39 is 6.04 Å². The molecule has 2 N–H and O–H groups in total. The molecule has 0 spiro atoms. The van der Waals surface area contributed by atoms with Crippen molar-refractivity contribution in [2.24, 2.45) is 0 Å². The summed E-state index contributed by atoms with van der Waals surface area (Å²) in [6, 6.07) is 23.9. The van der Waals surface area contributed by atoms with Crippen LogP contribution in [0.25, 0.3) is 0 Å². The molecule has 0 radical (unpaired) electrons. The first-order valence-electron chi connectivity index (χ1n) is 9.95. The molecule has 2 amide bonds. The number of hydrazone groups is 1. The molecule has 2 atom stereocenters. The van der Waals surface area contributed by atoms with Gasteiger partial charge in [0.1, 0.15) is 0 Å². The average Bonchev–Trinajstić information content (AvgIpc) is 3.05. The Labute approximate surface area is 176 Å². The number of hydrazine groups is 1. The molecule has 5 heteroatoms. The number of benzene rings is 3. The van der Waals surface area contributed by atoms with E-state index in [1.54, 1.807) is 16.8 Å². The van der Waals surface area contributed by atoms with E-state index in [0.717, 1.165) is 22.3 Å². The third-order valence-electron chi connectivity index (χ3n) is 5.35. The molecule has 3 aromatic carbocycles. The fourth-order valence-electron chi connectivity index (χ4n) is 3.64. The normalized spacial score (nSPS) is 19.5. The highest BCUT2D eigenvalue weighted by molar-refractivity contribution is 5.98. The van der Waals surface area contributed by atoms with Crippen LogP contribution in [0.3, 0.4) is 0 Å². The van der Waals surface area contributed by atoms with Gasteiger partial charge >= 0.3 is 5.91 Å². The Morgan fingerprint density at radius 1 is 0.933 bits per heavy atom. The van der Waals surface area contributed by atoms with E-state index >= 15 is 0 Å². The third kappa shape index (κ3) is 4.01. The highest BCUT2D eigenvalue weighted by atomic mass is 16.2. The van der Waals surface area contributed by atoms with Crippen LogP contribution in [0, 0.1) is 13.8 Å². The Morgan fingerprint density at radius 3 is 2.30 bits per heavy atom. The predicted molar refractivity (Wildman–Crippen MR) is 116 cm³/mol. The molecule has 1 aliphatic rings. The van der Waals surface area contributed by atoms with Crippen molar-refractivity contribution >= 4 is 18.0 Å². The quantitative estimate of drug-likeness (QED) is 0.663. The Kier molecular flexibility index (Phi) is 5.44. The average molecular weight is 398 g/mol. The van der Waals surface area contributed by atoms with Gasteiger partial charge in [0.2, 0.25) is 12.3 Å². The topological polar surface area (TPSA) is 61.2 Å². The van der Waals surface area contributed by atoms with Gasteiger partial charge in [-0.2, -0.15) is 0 Å². The molecule has 1 heterocycles. The first kappa shape index (κ1) is 19.6. The molecule has 1 aliphatic heterocycles. The lowest BCUT2D eigenvalue weighted by Crippen LogP contribution is -2.42. The molecule has 30 heavy (non-hydrogen) atoms. The SMILES string of the molecule is Cc1ccc(C(=O)N[C@@H]2C(=O)N/[N+](=C\c3ccccc3C)[C@@H]2c2ccccc2)cc1. The van der Waals surface area contributed by atoms with Crippen molar-refractivity contribution in [3.63, 3.8) is 0 Å². The maximum absolute atomic E-state index is 12.9. The van der Waals surface area contributed by atoms with Crippen LogP contribution in [0.5, 0.6) is 0 Å². The summed E-state index contributed by atoms with van der Waals surface area (Å²) in [6.07, 6.45) is 1.92. The van der Waals surface area contributed by atoms with E-state index in [1.165, 1.54) is 0 Å². The van der Waals surface area contributed by atoms with Crippen LogP contribution in [0.15, 0.2) is 78.9 Å². The molecule has 4 rings (SSSR count). The molecule has 0 aliphatic carbocycles. The van der Waals surface area contributed by atoms with Gasteiger partial charge in [-0.05, 0) is 37.6 Å². The van der Waals surface area contributed by atoms with Crippen molar-refractivity contribution in [1.82, 2.24) is 10.7 Å². The molecule has 0 unspecified atom stereocenters. The van der Waals surface area contributed by atoms with Crippen molar-refractivity contribution < 1.29 is 14.3 Å². The maximum Gasteiger partial charge on any atom is 0.304 e. The summed E-state index contributed by atoms with van der Waals surface area (Å²) in [4.78, 5) is 25.7. The summed E-state index contributed by atoms with van der Waals surface area (Å²) in [6.45, 7) is 3.99. The van der Waals surface area contributed by atoms with E-state index in [4.69, 9.17) is 0 Å². The van der Waals surface area contributed by atoms with Crippen LogP contribution in [0.4, 0.5) is 0 Å². The van der Waals surface area contributed by atoms with Crippen molar-refractivity contribution in [1.29, 1.82) is 0 Å². The molecule has 0 saturated carbocycles. The number of hydrogen-bond donors (Lipinski definition) is 2. The van der Waals surface area contributed by atoms with E-state index in [2.05, 4.69) is 10.7 Å². The van der Waals surface area contributed by atoms with Gasteiger partial charge < -0.3 is 5.32 Å². The number of carbonyl (C=O) groups is 2. The van der Waals surface area contributed by atoms with Crippen molar-refractivity contribution in [3.8, 4) is 0 Å². The van der Waals surface area contributed by atoms with Gasteiger partial charge in [0.15, 0.2) is 6.04 Å². The first-order valence-corrected chi connectivity index (χ1v) is 9.95. The highest BCUT2D eigenvalue weighted by Crippen LogP contribution is 2.25. The number of aryl methyl sites for hydroxylation is 2. The fraction of sp³-hybridized carbons (Fsp3) is 0.160. The van der Waals surface area contributed by atoms with Crippen molar-refractivity contribution in [3.05, 3.63) is 107 Å². The second kappa shape index (κ2) is 8.33. The summed E-state index contributed by atoms with van der Waals surface area (Å²) >= 11 is 0. The number of nitrogens with one attached hydrogen (secondary N) is 2.